The van der Waals surface area contributed by atoms with Crippen LogP contribution in [0.3, 0.4) is 0 Å². The maximum absolute atomic E-state index is 13.9. The van der Waals surface area contributed by atoms with Crippen LogP contribution in [-0.2, 0) is 0 Å². The Labute approximate surface area is 161 Å². The fraction of sp³-hybridized carbons (Fsp3) is 0.263. The Morgan fingerprint density at radius 3 is 2.50 bits per heavy atom. The molecular weight excluding hydrogens is 359 g/mol. The van der Waals surface area contributed by atoms with Gasteiger partial charge in [-0.15, -0.1) is 0 Å². The van der Waals surface area contributed by atoms with Crippen molar-refractivity contribution in [3.05, 3.63) is 54.9 Å². The summed E-state index contributed by atoms with van der Waals surface area (Å²) in [6, 6.07) is 9.72. The Morgan fingerprint density at radius 1 is 1.07 bits per heavy atom. The van der Waals surface area contributed by atoms with Crippen LogP contribution in [0.15, 0.2) is 49.2 Å². The zero-order chi connectivity index (χ0) is 19.5. The molecule has 4 rings (SSSR count). The van der Waals surface area contributed by atoms with E-state index in [4.69, 9.17) is 5.26 Å². The minimum atomic E-state index is -0.864. The molecule has 1 aliphatic rings. The minimum Gasteiger partial charge on any atom is -0.367 e. The normalized spacial score (nSPS) is 18.8. The molecule has 0 radical (unpaired) electrons. The molecule has 1 fully saturated rings. The lowest BCUT2D eigenvalue weighted by atomic mass is 10.2. The van der Waals surface area contributed by atoms with Crippen molar-refractivity contribution in [1.29, 1.82) is 5.26 Å². The van der Waals surface area contributed by atoms with Crippen LogP contribution in [0.1, 0.15) is 5.69 Å². The van der Waals surface area contributed by atoms with E-state index in [0.717, 1.165) is 11.4 Å². The predicted octanol–water partition coefficient (Wildman–Crippen LogP) is 2.02. The van der Waals surface area contributed by atoms with Gasteiger partial charge in [-0.3, -0.25) is 0 Å². The van der Waals surface area contributed by atoms with E-state index in [1.54, 1.807) is 13.4 Å². The number of nitrogens with zero attached hydrogens (tertiary/aromatic N) is 6. The summed E-state index contributed by atoms with van der Waals surface area (Å²) in [6.07, 6.45) is 5.55. The molecule has 2 N–H and O–H groups in total. The van der Waals surface area contributed by atoms with Crippen LogP contribution in [0.25, 0.3) is 5.69 Å². The van der Waals surface area contributed by atoms with Crippen molar-refractivity contribution >= 4 is 17.3 Å². The zero-order valence-electron chi connectivity index (χ0n) is 15.2. The highest BCUT2D eigenvalue weighted by Gasteiger charge is 2.31. The molecule has 0 saturated carbocycles. The van der Waals surface area contributed by atoms with Gasteiger partial charge in [-0.2, -0.15) is 5.26 Å². The average molecular weight is 378 g/mol. The van der Waals surface area contributed by atoms with E-state index in [1.807, 2.05) is 46.0 Å². The van der Waals surface area contributed by atoms with Gasteiger partial charge in [0.2, 0.25) is 0 Å². The van der Waals surface area contributed by atoms with Crippen LogP contribution in [0.2, 0.25) is 0 Å². The minimum absolute atomic E-state index is 0.132. The second kappa shape index (κ2) is 7.62. The summed E-state index contributed by atoms with van der Waals surface area (Å²) in [5, 5.41) is 14.8. The molecule has 9 heteroatoms. The monoisotopic (exact) mass is 378 g/mol. The highest BCUT2D eigenvalue weighted by molar-refractivity contribution is 5.54. The molecule has 1 aliphatic heterocycles. The molecule has 0 bridgehead atoms. The van der Waals surface area contributed by atoms with Crippen molar-refractivity contribution in [2.24, 2.45) is 0 Å². The van der Waals surface area contributed by atoms with Gasteiger partial charge in [0.05, 0.1) is 31.2 Å². The lowest BCUT2D eigenvalue weighted by Crippen LogP contribution is -2.34. The summed E-state index contributed by atoms with van der Waals surface area (Å²) < 4.78 is 15.8. The topological polar surface area (TPSA) is 94.7 Å². The summed E-state index contributed by atoms with van der Waals surface area (Å²) in [5.74, 6) is 1.12. The molecule has 142 valence electrons. The van der Waals surface area contributed by atoms with E-state index in [9.17, 15) is 4.39 Å². The number of nitrogens with one attached hydrogen (secondary N) is 2. The fourth-order valence-corrected chi connectivity index (χ4v) is 3.19. The van der Waals surface area contributed by atoms with E-state index in [-0.39, 0.29) is 11.7 Å². The second-order valence-electron chi connectivity index (χ2n) is 6.52. The summed E-state index contributed by atoms with van der Waals surface area (Å²) in [4.78, 5) is 14.4. The van der Waals surface area contributed by atoms with Crippen molar-refractivity contribution in [1.82, 2.24) is 24.8 Å². The number of hydrogen-bond acceptors (Lipinski definition) is 7. The van der Waals surface area contributed by atoms with Gasteiger partial charge in [0, 0.05) is 17.9 Å². The quantitative estimate of drug-likeness (QED) is 0.701. The predicted molar refractivity (Wildman–Crippen MR) is 104 cm³/mol. The zero-order valence-corrected chi connectivity index (χ0v) is 15.2. The van der Waals surface area contributed by atoms with Crippen molar-refractivity contribution in [3.63, 3.8) is 0 Å². The lowest BCUT2D eigenvalue weighted by molar-refractivity contribution is 0.310. The number of rotatable bonds is 5. The van der Waals surface area contributed by atoms with Gasteiger partial charge < -0.3 is 20.1 Å². The van der Waals surface area contributed by atoms with Crippen LogP contribution in [0, 0.1) is 11.3 Å². The third-order valence-electron chi connectivity index (χ3n) is 4.74. The van der Waals surface area contributed by atoms with E-state index in [2.05, 4.69) is 25.6 Å². The number of anilines is 3. The second-order valence-corrected chi connectivity index (χ2v) is 6.52. The van der Waals surface area contributed by atoms with Gasteiger partial charge in [-0.1, -0.05) is 0 Å². The Morgan fingerprint density at radius 2 is 1.86 bits per heavy atom. The SMILES string of the molecule is CN[C@H]1CN(c2ccc(-n3cnc(Nc4cnc(C#N)cn4)c3)cc2)C[C@H]1F. The van der Waals surface area contributed by atoms with E-state index in [0.29, 0.717) is 24.7 Å². The summed E-state index contributed by atoms with van der Waals surface area (Å²) in [5.41, 5.74) is 2.20. The van der Waals surface area contributed by atoms with Crippen molar-refractivity contribution < 1.29 is 4.39 Å². The molecular formula is C19H19FN8. The molecule has 1 saturated heterocycles. The molecule has 2 aromatic heterocycles. The first-order valence-corrected chi connectivity index (χ1v) is 8.86. The van der Waals surface area contributed by atoms with Crippen LogP contribution >= 0.6 is 0 Å². The summed E-state index contributed by atoms with van der Waals surface area (Å²) in [7, 11) is 1.79. The number of imidazole rings is 1. The third kappa shape index (κ3) is 3.63. The number of aromatic nitrogens is 4. The Kier molecular flexibility index (Phi) is 4.87. The number of likely N-dealkylation sites (N-methyl/N-ethyl adjacent to an activating group) is 1. The number of benzene rings is 1. The van der Waals surface area contributed by atoms with Gasteiger partial charge in [0.15, 0.2) is 5.69 Å². The maximum Gasteiger partial charge on any atom is 0.158 e. The Balaban J connectivity index is 1.44. The smallest absolute Gasteiger partial charge is 0.158 e. The van der Waals surface area contributed by atoms with Gasteiger partial charge in [-0.25, -0.2) is 19.3 Å². The van der Waals surface area contributed by atoms with E-state index in [1.165, 1.54) is 12.4 Å². The van der Waals surface area contributed by atoms with Crippen molar-refractivity contribution in [2.45, 2.75) is 12.2 Å². The molecule has 0 spiro atoms. The Hall–Kier alpha value is -3.51. The van der Waals surface area contributed by atoms with Crippen LogP contribution in [0.4, 0.5) is 21.7 Å². The average Bonchev–Trinajstić information content (AvgIpc) is 3.35. The molecule has 2 atom stereocenters. The standard InChI is InChI=1S/C19H19FN8/c1-22-17-10-27(9-16(17)20)14-2-4-15(5-3-14)28-11-19(25-12-28)26-18-8-23-13(6-21)7-24-18/h2-5,7-8,11-12,16-17,22H,9-10H2,1H3,(H,24,26)/t16-,17+/m1/s1. The van der Waals surface area contributed by atoms with Crippen LogP contribution in [-0.4, -0.2) is 51.9 Å². The van der Waals surface area contributed by atoms with E-state index < -0.39 is 6.17 Å². The summed E-state index contributed by atoms with van der Waals surface area (Å²) in [6.45, 7) is 1.05. The third-order valence-corrected chi connectivity index (χ3v) is 4.74. The summed E-state index contributed by atoms with van der Waals surface area (Å²) >= 11 is 0. The van der Waals surface area contributed by atoms with Crippen molar-refractivity contribution in [3.8, 4) is 11.8 Å². The molecule has 0 amide bonds. The molecule has 0 unspecified atom stereocenters. The largest absolute Gasteiger partial charge is 0.367 e. The van der Waals surface area contributed by atoms with Gasteiger partial charge in [0.1, 0.15) is 30.2 Å². The highest BCUT2D eigenvalue weighted by atomic mass is 19.1. The van der Waals surface area contributed by atoms with Gasteiger partial charge in [-0.05, 0) is 31.3 Å². The molecule has 0 aliphatic carbocycles. The van der Waals surface area contributed by atoms with Gasteiger partial charge in [0.25, 0.3) is 0 Å². The Bertz CT molecular complexity index is 976. The maximum atomic E-state index is 13.9. The van der Waals surface area contributed by atoms with Crippen molar-refractivity contribution in [2.75, 3.05) is 30.4 Å². The van der Waals surface area contributed by atoms with Crippen LogP contribution < -0.4 is 15.5 Å². The first-order valence-electron chi connectivity index (χ1n) is 8.86. The van der Waals surface area contributed by atoms with E-state index >= 15 is 0 Å². The molecule has 28 heavy (non-hydrogen) atoms. The number of nitriles is 1. The first kappa shape index (κ1) is 17.9. The highest BCUT2D eigenvalue weighted by Crippen LogP contribution is 2.24. The fourth-order valence-electron chi connectivity index (χ4n) is 3.19. The van der Waals surface area contributed by atoms with Gasteiger partial charge >= 0.3 is 0 Å². The number of alkyl halides is 1. The molecule has 8 nitrogen and oxygen atoms in total. The molecule has 1 aromatic carbocycles. The number of halogens is 1. The van der Waals surface area contributed by atoms with Crippen LogP contribution in [0.5, 0.6) is 0 Å². The molecule has 3 heterocycles. The lowest BCUT2D eigenvalue weighted by Gasteiger charge is -2.18. The molecule has 3 aromatic rings. The first-order chi connectivity index (χ1) is 13.7. The number of hydrogen-bond donors (Lipinski definition) is 2.